The van der Waals surface area contributed by atoms with Crippen LogP contribution in [0.4, 0.5) is 0 Å². The van der Waals surface area contributed by atoms with E-state index in [0.717, 1.165) is 5.56 Å². The Morgan fingerprint density at radius 1 is 1.38 bits per heavy atom. The Labute approximate surface area is 79.1 Å². The van der Waals surface area contributed by atoms with Crippen LogP contribution in [0.1, 0.15) is 5.56 Å². The molecule has 0 saturated carbocycles. The van der Waals surface area contributed by atoms with E-state index in [-0.39, 0.29) is 11.2 Å². The van der Waals surface area contributed by atoms with Crippen LogP contribution < -0.4 is 4.18 Å². The normalized spacial score (nSPS) is 11.5. The Hall–Kier alpha value is -1.07. The number of benzene rings is 1. The zero-order valence-electron chi connectivity index (χ0n) is 7.40. The zero-order valence-corrected chi connectivity index (χ0v) is 8.22. The number of hydrogen-bond donors (Lipinski definition) is 1. The third kappa shape index (κ3) is 3.91. The van der Waals surface area contributed by atoms with Gasteiger partial charge in [0.15, 0.2) is 0 Å². The summed E-state index contributed by atoms with van der Waals surface area (Å²) in [6, 6.07) is 4.74. The van der Waals surface area contributed by atoms with Crippen molar-refractivity contribution in [2.24, 2.45) is 0 Å². The molecule has 1 aromatic carbocycles. The Morgan fingerprint density at radius 3 is 2.46 bits per heavy atom. The molecule has 1 atom stereocenters. The van der Waals surface area contributed by atoms with E-state index in [9.17, 15) is 4.21 Å². The lowest BCUT2D eigenvalue weighted by molar-refractivity contribution is 0.470. The number of phenolic OH excluding ortho intramolecular Hbond substituents is 1. The topological polar surface area (TPSA) is 78.0 Å². The van der Waals surface area contributed by atoms with Crippen molar-refractivity contribution in [1.29, 1.82) is 0 Å². The summed E-state index contributed by atoms with van der Waals surface area (Å²) in [5.74, 6) is 0.545. The number of rotatable bonds is 2. The van der Waals surface area contributed by atoms with Crippen LogP contribution in [-0.2, 0) is 11.1 Å². The van der Waals surface area contributed by atoms with Gasteiger partial charge in [-0.15, -0.1) is 0 Å². The maximum absolute atomic E-state index is 10.6. The van der Waals surface area contributed by atoms with E-state index in [4.69, 9.17) is 9.29 Å². The highest BCUT2D eigenvalue weighted by Gasteiger charge is 1.99. The number of aryl methyl sites for hydroxylation is 1. The SMILES string of the molecule is Cc1cc(O)cc(OS(C)=O)c1.O. The molecule has 0 heterocycles. The summed E-state index contributed by atoms with van der Waals surface area (Å²) in [7, 11) is 0. The fourth-order valence-corrected chi connectivity index (χ4v) is 1.28. The molecule has 0 aliphatic heterocycles. The first-order valence-electron chi connectivity index (χ1n) is 3.40. The van der Waals surface area contributed by atoms with Crippen LogP contribution in [0.2, 0.25) is 0 Å². The molecule has 0 spiro atoms. The molecular formula is C8H12O4S. The summed E-state index contributed by atoms with van der Waals surface area (Å²) in [5.41, 5.74) is 0.871. The molecule has 0 aliphatic carbocycles. The highest BCUT2D eigenvalue weighted by Crippen LogP contribution is 2.21. The maximum Gasteiger partial charge on any atom is 0.203 e. The molecule has 74 valence electrons. The van der Waals surface area contributed by atoms with Gasteiger partial charge in [0, 0.05) is 12.3 Å². The highest BCUT2D eigenvalue weighted by atomic mass is 32.2. The van der Waals surface area contributed by atoms with Crippen LogP contribution in [0, 0.1) is 6.92 Å². The Balaban J connectivity index is 0.00000144. The Morgan fingerprint density at radius 2 is 2.00 bits per heavy atom. The van der Waals surface area contributed by atoms with Crippen molar-refractivity contribution in [2.45, 2.75) is 6.92 Å². The summed E-state index contributed by atoms with van der Waals surface area (Å²) in [5, 5.41) is 9.13. The van der Waals surface area contributed by atoms with Crippen molar-refractivity contribution in [2.75, 3.05) is 6.26 Å². The lowest BCUT2D eigenvalue weighted by atomic mass is 10.2. The molecule has 0 aliphatic rings. The highest BCUT2D eigenvalue weighted by molar-refractivity contribution is 7.79. The number of hydrogen-bond acceptors (Lipinski definition) is 3. The largest absolute Gasteiger partial charge is 0.508 e. The van der Waals surface area contributed by atoms with E-state index >= 15 is 0 Å². The summed E-state index contributed by atoms with van der Waals surface area (Å²) in [6.07, 6.45) is 1.43. The smallest absolute Gasteiger partial charge is 0.203 e. The van der Waals surface area contributed by atoms with Crippen LogP contribution in [0.3, 0.4) is 0 Å². The molecular weight excluding hydrogens is 192 g/mol. The van der Waals surface area contributed by atoms with Crippen LogP contribution in [-0.4, -0.2) is 21.0 Å². The van der Waals surface area contributed by atoms with E-state index in [1.807, 2.05) is 6.92 Å². The van der Waals surface area contributed by atoms with Crippen molar-refractivity contribution in [3.05, 3.63) is 23.8 Å². The van der Waals surface area contributed by atoms with Crippen LogP contribution in [0.5, 0.6) is 11.5 Å². The van der Waals surface area contributed by atoms with Gasteiger partial charge in [-0.2, -0.15) is 0 Å². The molecule has 1 rings (SSSR count). The molecule has 1 unspecified atom stereocenters. The predicted molar refractivity (Wildman–Crippen MR) is 51.2 cm³/mol. The monoisotopic (exact) mass is 204 g/mol. The van der Waals surface area contributed by atoms with E-state index in [2.05, 4.69) is 0 Å². The lowest BCUT2D eigenvalue weighted by Gasteiger charge is -2.02. The van der Waals surface area contributed by atoms with Crippen molar-refractivity contribution in [3.63, 3.8) is 0 Å². The van der Waals surface area contributed by atoms with Gasteiger partial charge in [-0.25, -0.2) is 4.21 Å². The number of aromatic hydroxyl groups is 1. The van der Waals surface area contributed by atoms with E-state index in [1.54, 1.807) is 12.1 Å². The molecule has 0 radical (unpaired) electrons. The number of phenols is 1. The minimum Gasteiger partial charge on any atom is -0.508 e. The van der Waals surface area contributed by atoms with E-state index in [1.165, 1.54) is 12.3 Å². The first kappa shape index (κ1) is 11.9. The van der Waals surface area contributed by atoms with Gasteiger partial charge < -0.3 is 14.8 Å². The first-order chi connectivity index (χ1) is 5.58. The summed E-state index contributed by atoms with van der Waals surface area (Å²) >= 11 is -1.34. The van der Waals surface area contributed by atoms with Gasteiger partial charge in [-0.3, -0.25) is 0 Å². The fraction of sp³-hybridized carbons (Fsp3) is 0.250. The first-order valence-corrected chi connectivity index (χ1v) is 4.88. The molecule has 13 heavy (non-hydrogen) atoms. The third-order valence-corrected chi connectivity index (χ3v) is 1.68. The minimum absolute atomic E-state index is 0. The van der Waals surface area contributed by atoms with Gasteiger partial charge in [-0.05, 0) is 24.6 Å². The average molecular weight is 204 g/mol. The molecule has 5 heteroatoms. The van der Waals surface area contributed by atoms with Crippen molar-refractivity contribution in [3.8, 4) is 11.5 Å². The summed E-state index contributed by atoms with van der Waals surface area (Å²) < 4.78 is 15.5. The van der Waals surface area contributed by atoms with Crippen LogP contribution in [0.25, 0.3) is 0 Å². The minimum atomic E-state index is -1.34. The van der Waals surface area contributed by atoms with Crippen molar-refractivity contribution < 1.29 is 19.0 Å². The van der Waals surface area contributed by atoms with Crippen molar-refractivity contribution >= 4 is 11.1 Å². The molecule has 1 aromatic rings. The van der Waals surface area contributed by atoms with E-state index in [0.29, 0.717) is 5.75 Å². The standard InChI is InChI=1S/C8H10O3S.H2O/c1-6-3-7(9)5-8(4-6)11-12(2)10;/h3-5,9H,1-2H3;1H2. The van der Waals surface area contributed by atoms with Gasteiger partial charge in [-0.1, -0.05) is 0 Å². The van der Waals surface area contributed by atoms with Crippen molar-refractivity contribution in [1.82, 2.24) is 0 Å². The Bertz CT molecular complexity index is 291. The molecule has 3 N–H and O–H groups in total. The molecule has 0 fully saturated rings. The third-order valence-electron chi connectivity index (χ3n) is 1.25. The molecule has 0 bridgehead atoms. The molecule has 0 saturated heterocycles. The van der Waals surface area contributed by atoms with Gasteiger partial charge >= 0.3 is 0 Å². The van der Waals surface area contributed by atoms with Gasteiger partial charge in [0.2, 0.25) is 11.1 Å². The molecule has 0 aromatic heterocycles. The average Bonchev–Trinajstić information content (AvgIpc) is 1.81. The van der Waals surface area contributed by atoms with Gasteiger partial charge in [0.25, 0.3) is 0 Å². The predicted octanol–water partition coefficient (Wildman–Crippen LogP) is 0.548. The quantitative estimate of drug-likeness (QED) is 0.764. The summed E-state index contributed by atoms with van der Waals surface area (Å²) in [6.45, 7) is 1.82. The molecule has 4 nitrogen and oxygen atoms in total. The second kappa shape index (κ2) is 4.84. The summed E-state index contributed by atoms with van der Waals surface area (Å²) in [4.78, 5) is 0. The van der Waals surface area contributed by atoms with Gasteiger partial charge in [0.1, 0.15) is 11.5 Å². The van der Waals surface area contributed by atoms with Gasteiger partial charge in [0.05, 0.1) is 0 Å². The molecule has 0 amide bonds. The Kier molecular flexibility index (Phi) is 4.44. The van der Waals surface area contributed by atoms with Crippen LogP contribution >= 0.6 is 0 Å². The van der Waals surface area contributed by atoms with Crippen LogP contribution in [0.15, 0.2) is 18.2 Å². The maximum atomic E-state index is 10.6. The second-order valence-electron chi connectivity index (χ2n) is 2.49. The second-order valence-corrected chi connectivity index (χ2v) is 3.46. The van der Waals surface area contributed by atoms with E-state index < -0.39 is 11.1 Å². The lowest BCUT2D eigenvalue weighted by Crippen LogP contribution is -1.96. The zero-order chi connectivity index (χ0) is 9.14. The fourth-order valence-electron chi connectivity index (χ4n) is 0.912.